The highest BCUT2D eigenvalue weighted by Gasteiger charge is 2.17. The van der Waals surface area contributed by atoms with E-state index in [2.05, 4.69) is 62.9 Å². The van der Waals surface area contributed by atoms with Gasteiger partial charge in [0.25, 0.3) is 0 Å². The van der Waals surface area contributed by atoms with E-state index in [1.807, 2.05) is 0 Å². The Kier molecular flexibility index (Phi) is 8.99. The lowest BCUT2D eigenvalue weighted by molar-refractivity contribution is -0.140. The zero-order valence-corrected chi connectivity index (χ0v) is 17.2. The molecule has 1 aromatic rings. The second-order valence-corrected chi connectivity index (χ2v) is 7.77. The molecule has 0 aliphatic carbocycles. The van der Waals surface area contributed by atoms with Crippen molar-refractivity contribution in [2.75, 3.05) is 20.2 Å². The van der Waals surface area contributed by atoms with Gasteiger partial charge >= 0.3 is 5.97 Å². The average molecular weight is 372 g/mol. The molecule has 0 N–H and O–H groups in total. The molecule has 148 valence electrons. The summed E-state index contributed by atoms with van der Waals surface area (Å²) in [6.45, 7) is 15.3. The van der Waals surface area contributed by atoms with Gasteiger partial charge < -0.3 is 9.64 Å². The van der Waals surface area contributed by atoms with E-state index in [1.165, 1.54) is 18.2 Å². The molecule has 0 radical (unpaired) electrons. The molecule has 4 heteroatoms. The normalized spacial score (nSPS) is 11.0. The number of nitrogens with zero attached hydrogens (tertiary/aromatic N) is 1. The Morgan fingerprint density at radius 2 is 1.78 bits per heavy atom. The van der Waals surface area contributed by atoms with E-state index in [0.29, 0.717) is 25.1 Å². The minimum atomic E-state index is -0.335. The molecule has 0 atom stereocenters. The molecule has 0 heterocycles. The van der Waals surface area contributed by atoms with Gasteiger partial charge in [0.15, 0.2) is 0 Å². The first-order chi connectivity index (χ1) is 12.7. The molecule has 0 spiro atoms. The van der Waals surface area contributed by atoms with Crippen molar-refractivity contribution >= 4 is 11.9 Å². The smallest absolute Gasteiger partial charge is 0.305 e. The van der Waals surface area contributed by atoms with Gasteiger partial charge in [-0.05, 0) is 35.8 Å². The summed E-state index contributed by atoms with van der Waals surface area (Å²) in [5.41, 5.74) is 3.16. The molecule has 0 aliphatic heterocycles. The standard InChI is InChI=1S/C23H33NO3/c1-7-16-24(22(26)18(2)10-15-21(25)27-6)17-8-9-19-11-13-20(14-12-19)23(3,4)5/h7,11-14H,1-2,8-10,15-17H2,3-6H3. The van der Waals surface area contributed by atoms with E-state index in [1.54, 1.807) is 11.0 Å². The fraction of sp³-hybridized carbons (Fsp3) is 0.478. The lowest BCUT2D eigenvalue weighted by Gasteiger charge is -2.22. The summed E-state index contributed by atoms with van der Waals surface area (Å²) in [6.07, 6.45) is 3.96. The van der Waals surface area contributed by atoms with Crippen LogP contribution in [0.15, 0.2) is 49.1 Å². The second-order valence-electron chi connectivity index (χ2n) is 7.77. The Balaban J connectivity index is 2.57. The number of ether oxygens (including phenoxy) is 1. The van der Waals surface area contributed by atoms with E-state index in [0.717, 1.165) is 12.8 Å². The number of hydrogen-bond donors (Lipinski definition) is 0. The van der Waals surface area contributed by atoms with Gasteiger partial charge in [-0.2, -0.15) is 0 Å². The third-order valence-corrected chi connectivity index (χ3v) is 4.51. The maximum absolute atomic E-state index is 12.6. The zero-order valence-electron chi connectivity index (χ0n) is 17.2. The first-order valence-corrected chi connectivity index (χ1v) is 9.43. The average Bonchev–Trinajstić information content (AvgIpc) is 2.64. The number of carbonyl (C=O) groups is 2. The van der Waals surface area contributed by atoms with Crippen LogP contribution >= 0.6 is 0 Å². The summed E-state index contributed by atoms with van der Waals surface area (Å²) in [7, 11) is 1.34. The number of esters is 1. The molecule has 4 nitrogen and oxygen atoms in total. The number of methoxy groups -OCH3 is 1. The van der Waals surface area contributed by atoms with Crippen molar-refractivity contribution in [2.45, 2.75) is 51.9 Å². The molecule has 0 saturated carbocycles. The van der Waals surface area contributed by atoms with Crippen molar-refractivity contribution in [3.8, 4) is 0 Å². The van der Waals surface area contributed by atoms with Crippen molar-refractivity contribution in [3.63, 3.8) is 0 Å². The highest BCUT2D eigenvalue weighted by atomic mass is 16.5. The van der Waals surface area contributed by atoms with Crippen LogP contribution in [0.3, 0.4) is 0 Å². The molecule has 1 rings (SSSR count). The van der Waals surface area contributed by atoms with Crippen LogP contribution in [0.2, 0.25) is 0 Å². The van der Waals surface area contributed by atoms with Crippen molar-refractivity contribution in [2.24, 2.45) is 0 Å². The molecule has 0 aliphatic rings. The van der Waals surface area contributed by atoms with Crippen molar-refractivity contribution in [3.05, 3.63) is 60.2 Å². The minimum Gasteiger partial charge on any atom is -0.469 e. The van der Waals surface area contributed by atoms with E-state index in [-0.39, 0.29) is 23.7 Å². The summed E-state index contributed by atoms with van der Waals surface area (Å²) in [6, 6.07) is 8.68. The van der Waals surface area contributed by atoms with Crippen molar-refractivity contribution in [1.82, 2.24) is 4.90 Å². The lowest BCUT2D eigenvalue weighted by atomic mass is 9.86. The van der Waals surface area contributed by atoms with Gasteiger partial charge in [0.2, 0.25) is 5.91 Å². The molecule has 27 heavy (non-hydrogen) atoms. The van der Waals surface area contributed by atoms with E-state index >= 15 is 0 Å². The lowest BCUT2D eigenvalue weighted by Crippen LogP contribution is -2.33. The fourth-order valence-corrected chi connectivity index (χ4v) is 2.76. The van der Waals surface area contributed by atoms with E-state index in [4.69, 9.17) is 0 Å². The fourth-order valence-electron chi connectivity index (χ4n) is 2.76. The molecule has 0 aromatic heterocycles. The quantitative estimate of drug-likeness (QED) is 0.347. The van der Waals surface area contributed by atoms with Gasteiger partial charge in [-0.25, -0.2) is 0 Å². The van der Waals surface area contributed by atoms with E-state index in [9.17, 15) is 9.59 Å². The first kappa shape index (κ1) is 22.7. The van der Waals surface area contributed by atoms with Crippen LogP contribution in [0, 0.1) is 0 Å². The van der Waals surface area contributed by atoms with Crippen LogP contribution in [0.4, 0.5) is 0 Å². The molecule has 0 saturated heterocycles. The topological polar surface area (TPSA) is 46.6 Å². The van der Waals surface area contributed by atoms with Gasteiger partial charge in [0.1, 0.15) is 0 Å². The Hall–Kier alpha value is -2.36. The summed E-state index contributed by atoms with van der Waals surface area (Å²) >= 11 is 0. The SMILES string of the molecule is C=CCN(CCCc1ccc(C(C)(C)C)cc1)C(=O)C(=C)CCC(=O)OC. The number of carbonyl (C=O) groups excluding carboxylic acids is 2. The number of amides is 1. The first-order valence-electron chi connectivity index (χ1n) is 9.43. The Labute approximate surface area is 163 Å². The Morgan fingerprint density at radius 1 is 1.15 bits per heavy atom. The zero-order chi connectivity index (χ0) is 20.4. The van der Waals surface area contributed by atoms with Crippen LogP contribution in [0.25, 0.3) is 0 Å². The van der Waals surface area contributed by atoms with E-state index < -0.39 is 0 Å². The highest BCUT2D eigenvalue weighted by Crippen LogP contribution is 2.22. The number of aryl methyl sites for hydroxylation is 1. The van der Waals surface area contributed by atoms with Gasteiger partial charge in [-0.15, -0.1) is 6.58 Å². The number of rotatable bonds is 10. The van der Waals surface area contributed by atoms with Gasteiger partial charge in [0.05, 0.1) is 7.11 Å². The van der Waals surface area contributed by atoms with Gasteiger partial charge in [0, 0.05) is 25.1 Å². The maximum atomic E-state index is 12.6. The molecule has 0 bridgehead atoms. The third kappa shape index (κ3) is 7.81. The summed E-state index contributed by atoms with van der Waals surface area (Å²) in [5.74, 6) is -0.459. The molecule has 0 unspecified atom stereocenters. The minimum absolute atomic E-state index is 0.123. The maximum Gasteiger partial charge on any atom is 0.305 e. The van der Waals surface area contributed by atoms with Crippen LogP contribution < -0.4 is 0 Å². The number of benzene rings is 1. The largest absolute Gasteiger partial charge is 0.469 e. The van der Waals surface area contributed by atoms with Crippen LogP contribution in [-0.2, 0) is 26.2 Å². The van der Waals surface area contributed by atoms with Gasteiger partial charge in [-0.3, -0.25) is 9.59 Å². The van der Waals surface area contributed by atoms with Gasteiger partial charge in [-0.1, -0.05) is 57.7 Å². The van der Waals surface area contributed by atoms with Crippen molar-refractivity contribution in [1.29, 1.82) is 0 Å². The van der Waals surface area contributed by atoms with Crippen LogP contribution in [0.1, 0.15) is 51.2 Å². The summed E-state index contributed by atoms with van der Waals surface area (Å²) in [4.78, 5) is 25.5. The second kappa shape index (κ2) is 10.7. The molecule has 1 amide bonds. The van der Waals surface area contributed by atoms with Crippen LogP contribution in [-0.4, -0.2) is 37.0 Å². The number of hydrogen-bond acceptors (Lipinski definition) is 3. The summed E-state index contributed by atoms with van der Waals surface area (Å²) < 4.78 is 4.61. The predicted octanol–water partition coefficient (Wildman–Crippen LogP) is 4.44. The third-order valence-electron chi connectivity index (χ3n) is 4.51. The monoisotopic (exact) mass is 371 g/mol. The molecule has 1 aromatic carbocycles. The van der Waals surface area contributed by atoms with Crippen molar-refractivity contribution < 1.29 is 14.3 Å². The summed E-state index contributed by atoms with van der Waals surface area (Å²) in [5, 5.41) is 0. The Morgan fingerprint density at radius 3 is 2.30 bits per heavy atom. The molecular weight excluding hydrogens is 338 g/mol. The molecule has 0 fully saturated rings. The Bertz CT molecular complexity index is 653. The molecular formula is C23H33NO3. The van der Waals surface area contributed by atoms with Crippen LogP contribution in [0.5, 0.6) is 0 Å². The highest BCUT2D eigenvalue weighted by molar-refractivity contribution is 5.93. The predicted molar refractivity (Wildman–Crippen MR) is 111 cm³/mol.